The monoisotopic (exact) mass is 401 g/mol. The quantitative estimate of drug-likeness (QED) is 0.370. The number of rotatable bonds is 8. The number of aliphatic carboxylic acids is 1. The number of aromatic nitrogens is 1. The second-order valence-electron chi connectivity index (χ2n) is 7.11. The molecule has 0 spiro atoms. The van der Waals surface area contributed by atoms with Gasteiger partial charge in [0, 0.05) is 26.8 Å². The van der Waals surface area contributed by atoms with Crippen molar-refractivity contribution in [1.29, 1.82) is 0 Å². The number of benzene rings is 2. The topological polar surface area (TPSA) is 79.4 Å². The normalized spacial score (nSPS) is 11.8. The van der Waals surface area contributed by atoms with E-state index in [-0.39, 0.29) is 0 Å². The zero-order valence-corrected chi connectivity index (χ0v) is 16.8. The Bertz CT molecular complexity index is 1020. The fraction of sp³-hybridized carbons (Fsp3) is 0.364. The highest BCUT2D eigenvalue weighted by Crippen LogP contribution is 2.39. The predicted octanol–water partition coefficient (Wildman–Crippen LogP) is 5.79. The third-order valence-electron chi connectivity index (χ3n) is 5.00. The number of halogens is 1. The number of hydrogen-bond acceptors (Lipinski definition) is 3. The summed E-state index contributed by atoms with van der Waals surface area (Å²) in [5.74, 6) is -1.90. The number of carboxylic acids is 1. The molecule has 0 unspecified atom stereocenters. The Labute approximate surface area is 168 Å². The first-order valence-corrected chi connectivity index (χ1v) is 9.91. The number of ether oxygens (including phenoxy) is 1. The summed E-state index contributed by atoms with van der Waals surface area (Å²) < 4.78 is 5.80. The van der Waals surface area contributed by atoms with Gasteiger partial charge in [-0.2, -0.15) is 0 Å². The SMILES string of the molecule is CCCC(CCC)(OC(=O)CC(=O)O)c1ccc2c(c1)[nH]c1ccc(Cl)cc12. The minimum atomic E-state index is -1.19. The summed E-state index contributed by atoms with van der Waals surface area (Å²) in [6, 6.07) is 11.7. The lowest BCUT2D eigenvalue weighted by atomic mass is 9.84. The molecule has 0 saturated heterocycles. The Balaban J connectivity index is 2.09. The summed E-state index contributed by atoms with van der Waals surface area (Å²) in [6.07, 6.45) is 2.23. The Morgan fingerprint density at radius 1 is 1.04 bits per heavy atom. The van der Waals surface area contributed by atoms with E-state index >= 15 is 0 Å². The molecule has 3 aromatic rings. The first kappa shape index (κ1) is 20.2. The van der Waals surface area contributed by atoms with Gasteiger partial charge in [0.1, 0.15) is 12.0 Å². The van der Waals surface area contributed by atoms with Gasteiger partial charge in [0.15, 0.2) is 0 Å². The summed E-state index contributed by atoms with van der Waals surface area (Å²) in [5.41, 5.74) is 1.95. The van der Waals surface area contributed by atoms with Crippen LogP contribution in [0.25, 0.3) is 21.8 Å². The second-order valence-corrected chi connectivity index (χ2v) is 7.55. The van der Waals surface area contributed by atoms with Crippen LogP contribution in [0.2, 0.25) is 5.02 Å². The Kier molecular flexibility index (Phi) is 5.94. The molecule has 5 nitrogen and oxygen atoms in total. The molecule has 0 saturated carbocycles. The number of carbonyl (C=O) groups excluding carboxylic acids is 1. The number of hydrogen-bond donors (Lipinski definition) is 2. The van der Waals surface area contributed by atoms with Gasteiger partial charge in [0.2, 0.25) is 0 Å². The lowest BCUT2D eigenvalue weighted by Crippen LogP contribution is -2.33. The van der Waals surface area contributed by atoms with E-state index in [2.05, 4.69) is 4.98 Å². The molecule has 1 aromatic heterocycles. The fourth-order valence-corrected chi connectivity index (χ4v) is 4.09. The molecule has 148 valence electrons. The van der Waals surface area contributed by atoms with Crippen molar-refractivity contribution in [2.45, 2.75) is 51.6 Å². The lowest BCUT2D eigenvalue weighted by Gasteiger charge is -2.34. The van der Waals surface area contributed by atoms with Gasteiger partial charge in [-0.3, -0.25) is 9.59 Å². The molecule has 0 aliphatic heterocycles. The van der Waals surface area contributed by atoms with Crippen molar-refractivity contribution >= 4 is 45.3 Å². The molecule has 0 aliphatic rings. The molecule has 0 aliphatic carbocycles. The van der Waals surface area contributed by atoms with E-state index in [0.29, 0.717) is 17.9 Å². The van der Waals surface area contributed by atoms with E-state index in [0.717, 1.165) is 40.2 Å². The van der Waals surface area contributed by atoms with Gasteiger partial charge in [-0.1, -0.05) is 50.4 Å². The van der Waals surface area contributed by atoms with Crippen LogP contribution in [-0.4, -0.2) is 22.0 Å². The molecular weight excluding hydrogens is 378 g/mol. The van der Waals surface area contributed by atoms with E-state index < -0.39 is 24.0 Å². The molecule has 6 heteroatoms. The highest BCUT2D eigenvalue weighted by molar-refractivity contribution is 6.31. The Morgan fingerprint density at radius 2 is 1.75 bits per heavy atom. The van der Waals surface area contributed by atoms with Crippen LogP contribution in [0.15, 0.2) is 36.4 Å². The van der Waals surface area contributed by atoms with Crippen molar-refractivity contribution in [3.8, 4) is 0 Å². The average Bonchev–Trinajstić information content (AvgIpc) is 2.98. The number of H-pyrrole nitrogens is 1. The van der Waals surface area contributed by atoms with Crippen molar-refractivity contribution in [3.63, 3.8) is 0 Å². The van der Waals surface area contributed by atoms with Crippen LogP contribution in [0.5, 0.6) is 0 Å². The Morgan fingerprint density at radius 3 is 2.39 bits per heavy atom. The van der Waals surface area contributed by atoms with Crippen LogP contribution in [0.4, 0.5) is 0 Å². The summed E-state index contributed by atoms with van der Waals surface area (Å²) in [4.78, 5) is 26.5. The van der Waals surface area contributed by atoms with Gasteiger partial charge >= 0.3 is 11.9 Å². The number of carboxylic acid groups (broad SMARTS) is 1. The summed E-state index contributed by atoms with van der Waals surface area (Å²) >= 11 is 6.14. The lowest BCUT2D eigenvalue weighted by molar-refractivity contribution is -0.166. The molecule has 0 atom stereocenters. The number of fused-ring (bicyclic) bond motifs is 3. The molecule has 28 heavy (non-hydrogen) atoms. The zero-order chi connectivity index (χ0) is 20.3. The van der Waals surface area contributed by atoms with E-state index in [1.165, 1.54) is 0 Å². The van der Waals surface area contributed by atoms with Crippen molar-refractivity contribution in [1.82, 2.24) is 4.98 Å². The molecule has 3 rings (SSSR count). The van der Waals surface area contributed by atoms with Gasteiger partial charge in [0.25, 0.3) is 0 Å². The maximum Gasteiger partial charge on any atom is 0.318 e. The minimum Gasteiger partial charge on any atom is -0.481 e. The van der Waals surface area contributed by atoms with E-state index in [4.69, 9.17) is 21.4 Å². The van der Waals surface area contributed by atoms with Crippen LogP contribution >= 0.6 is 11.6 Å². The van der Waals surface area contributed by atoms with Gasteiger partial charge < -0.3 is 14.8 Å². The van der Waals surface area contributed by atoms with Crippen molar-refractivity contribution in [3.05, 3.63) is 47.0 Å². The third kappa shape index (κ3) is 3.99. The van der Waals surface area contributed by atoms with Crippen molar-refractivity contribution in [2.75, 3.05) is 0 Å². The van der Waals surface area contributed by atoms with Gasteiger partial charge in [-0.15, -0.1) is 0 Å². The first-order chi connectivity index (χ1) is 13.4. The zero-order valence-electron chi connectivity index (χ0n) is 16.0. The molecule has 2 aromatic carbocycles. The van der Waals surface area contributed by atoms with E-state index in [9.17, 15) is 9.59 Å². The maximum absolute atomic E-state index is 12.2. The smallest absolute Gasteiger partial charge is 0.318 e. The van der Waals surface area contributed by atoms with Crippen molar-refractivity contribution < 1.29 is 19.4 Å². The molecule has 0 fully saturated rings. The minimum absolute atomic E-state index is 0.629. The molecule has 0 amide bonds. The van der Waals surface area contributed by atoms with E-state index in [1.807, 2.05) is 50.2 Å². The molecule has 0 bridgehead atoms. The van der Waals surface area contributed by atoms with Crippen LogP contribution in [0.1, 0.15) is 51.5 Å². The van der Waals surface area contributed by atoms with Gasteiger partial charge in [-0.05, 0) is 42.7 Å². The van der Waals surface area contributed by atoms with Crippen LogP contribution in [0, 0.1) is 0 Å². The third-order valence-corrected chi connectivity index (χ3v) is 5.23. The number of esters is 1. The summed E-state index contributed by atoms with van der Waals surface area (Å²) in [7, 11) is 0. The first-order valence-electron chi connectivity index (χ1n) is 9.53. The number of nitrogens with one attached hydrogen (secondary N) is 1. The largest absolute Gasteiger partial charge is 0.481 e. The summed E-state index contributed by atoms with van der Waals surface area (Å²) in [5, 5.41) is 11.7. The second kappa shape index (κ2) is 8.23. The molecule has 0 radical (unpaired) electrons. The van der Waals surface area contributed by atoms with Crippen LogP contribution < -0.4 is 0 Å². The van der Waals surface area contributed by atoms with Gasteiger partial charge in [-0.25, -0.2) is 0 Å². The van der Waals surface area contributed by atoms with Crippen LogP contribution in [-0.2, 0) is 19.9 Å². The predicted molar refractivity (Wildman–Crippen MR) is 111 cm³/mol. The van der Waals surface area contributed by atoms with Crippen LogP contribution in [0.3, 0.4) is 0 Å². The highest BCUT2D eigenvalue weighted by Gasteiger charge is 2.35. The fourth-order valence-electron chi connectivity index (χ4n) is 3.92. The summed E-state index contributed by atoms with van der Waals surface area (Å²) in [6.45, 7) is 4.05. The number of aromatic amines is 1. The molecular formula is C22H24ClNO4. The van der Waals surface area contributed by atoms with Gasteiger partial charge in [0.05, 0.1) is 0 Å². The highest BCUT2D eigenvalue weighted by atomic mass is 35.5. The molecule has 1 heterocycles. The number of carbonyl (C=O) groups is 2. The average molecular weight is 402 g/mol. The molecule has 2 N–H and O–H groups in total. The van der Waals surface area contributed by atoms with E-state index in [1.54, 1.807) is 0 Å². The Hall–Kier alpha value is -2.53. The maximum atomic E-state index is 12.2. The van der Waals surface area contributed by atoms with Crippen molar-refractivity contribution in [2.24, 2.45) is 0 Å². The standard InChI is InChI=1S/C22H24ClNO4/c1-3-9-22(10-4-2,28-21(27)13-20(25)26)14-5-7-16-17-12-15(23)6-8-18(17)24-19(16)11-14/h5-8,11-12,24H,3-4,9-10,13H2,1-2H3,(H,25,26).